The van der Waals surface area contributed by atoms with E-state index < -0.39 is 12.0 Å². The largest absolute Gasteiger partial charge is 0.480 e. The fourth-order valence-corrected chi connectivity index (χ4v) is 2.09. The molecule has 2 heterocycles. The Morgan fingerprint density at radius 1 is 1.41 bits per heavy atom. The van der Waals surface area contributed by atoms with E-state index in [1.165, 1.54) is 11.1 Å². The summed E-state index contributed by atoms with van der Waals surface area (Å²) in [5.74, 6) is -1.17. The van der Waals surface area contributed by atoms with Crippen molar-refractivity contribution in [2.75, 3.05) is 6.54 Å². The van der Waals surface area contributed by atoms with Crippen LogP contribution in [0.2, 0.25) is 0 Å². The number of aliphatic carboxylic acids is 1. The third kappa shape index (κ3) is 2.43. The first kappa shape index (κ1) is 11.6. The van der Waals surface area contributed by atoms with Crippen molar-refractivity contribution in [2.24, 2.45) is 0 Å². The number of carbonyl (C=O) groups excluding carboxylic acids is 1. The summed E-state index contributed by atoms with van der Waals surface area (Å²) in [4.78, 5) is 28.5. The van der Waals surface area contributed by atoms with Gasteiger partial charge in [0.2, 0.25) is 0 Å². The molecule has 1 aliphatic heterocycles. The maximum atomic E-state index is 12.1. The van der Waals surface area contributed by atoms with Crippen LogP contribution in [-0.4, -0.2) is 39.5 Å². The molecule has 1 aromatic heterocycles. The molecule has 1 amide bonds. The zero-order valence-electron chi connectivity index (χ0n) is 9.37. The van der Waals surface area contributed by atoms with Crippen LogP contribution in [0.5, 0.6) is 0 Å². The highest BCUT2D eigenvalue weighted by atomic mass is 16.4. The average molecular weight is 234 g/mol. The molecule has 0 saturated carbocycles. The molecule has 1 N–H and O–H groups in total. The van der Waals surface area contributed by atoms with E-state index in [1.807, 2.05) is 0 Å². The first-order chi connectivity index (χ1) is 8.20. The Bertz CT molecular complexity index is 419. The Morgan fingerprint density at radius 2 is 2.24 bits per heavy atom. The highest BCUT2D eigenvalue weighted by Crippen LogP contribution is 2.19. The van der Waals surface area contributed by atoms with Gasteiger partial charge in [-0.05, 0) is 31.4 Å². The van der Waals surface area contributed by atoms with Gasteiger partial charge in [-0.15, -0.1) is 0 Å². The van der Waals surface area contributed by atoms with Gasteiger partial charge in [0.1, 0.15) is 6.04 Å². The van der Waals surface area contributed by atoms with Gasteiger partial charge in [-0.25, -0.2) is 4.79 Å². The number of amides is 1. The number of piperidine rings is 1. The van der Waals surface area contributed by atoms with Crippen LogP contribution in [0, 0.1) is 0 Å². The fourth-order valence-electron chi connectivity index (χ4n) is 2.09. The number of nitrogens with zero attached hydrogens (tertiary/aromatic N) is 2. The van der Waals surface area contributed by atoms with E-state index in [0.717, 1.165) is 12.8 Å². The molecule has 1 saturated heterocycles. The third-order valence-corrected chi connectivity index (χ3v) is 2.96. The SMILES string of the molecule is O=C(O)C1CCCCN1C(=O)c1cccnc1. The molecular weight excluding hydrogens is 220 g/mol. The highest BCUT2D eigenvalue weighted by molar-refractivity contribution is 5.96. The van der Waals surface area contributed by atoms with Crippen molar-refractivity contribution in [2.45, 2.75) is 25.3 Å². The second kappa shape index (κ2) is 4.95. The molecule has 0 aliphatic carbocycles. The summed E-state index contributed by atoms with van der Waals surface area (Å²) in [6.07, 6.45) is 5.29. The lowest BCUT2D eigenvalue weighted by Crippen LogP contribution is -2.48. The van der Waals surface area contributed by atoms with Gasteiger partial charge in [-0.1, -0.05) is 0 Å². The molecular formula is C12H14N2O3. The molecule has 1 fully saturated rings. The van der Waals surface area contributed by atoms with Gasteiger partial charge in [0.15, 0.2) is 0 Å². The Labute approximate surface area is 99.1 Å². The van der Waals surface area contributed by atoms with E-state index in [-0.39, 0.29) is 5.91 Å². The fraction of sp³-hybridized carbons (Fsp3) is 0.417. The number of rotatable bonds is 2. The molecule has 1 aromatic rings. The van der Waals surface area contributed by atoms with Gasteiger partial charge in [0.25, 0.3) is 5.91 Å². The van der Waals surface area contributed by atoms with Gasteiger partial charge in [-0.3, -0.25) is 9.78 Å². The lowest BCUT2D eigenvalue weighted by Gasteiger charge is -2.32. The topological polar surface area (TPSA) is 70.5 Å². The van der Waals surface area contributed by atoms with Crippen molar-refractivity contribution in [1.29, 1.82) is 0 Å². The van der Waals surface area contributed by atoms with Crippen molar-refractivity contribution < 1.29 is 14.7 Å². The van der Waals surface area contributed by atoms with E-state index >= 15 is 0 Å². The standard InChI is InChI=1S/C12H14N2O3/c15-11(9-4-3-6-13-8-9)14-7-2-1-5-10(14)12(16)17/h3-4,6,8,10H,1-2,5,7H2,(H,16,17). The molecule has 5 nitrogen and oxygen atoms in total. The maximum absolute atomic E-state index is 12.1. The highest BCUT2D eigenvalue weighted by Gasteiger charge is 2.32. The second-order valence-corrected chi connectivity index (χ2v) is 4.09. The number of hydrogen-bond donors (Lipinski definition) is 1. The van der Waals surface area contributed by atoms with E-state index in [4.69, 9.17) is 5.11 Å². The summed E-state index contributed by atoms with van der Waals surface area (Å²) < 4.78 is 0. The van der Waals surface area contributed by atoms with Gasteiger partial charge in [-0.2, -0.15) is 0 Å². The Balaban J connectivity index is 2.20. The minimum atomic E-state index is -0.929. The number of hydrogen-bond acceptors (Lipinski definition) is 3. The molecule has 1 atom stereocenters. The lowest BCUT2D eigenvalue weighted by molar-refractivity contribution is -0.143. The van der Waals surface area contributed by atoms with E-state index in [9.17, 15) is 9.59 Å². The minimum absolute atomic E-state index is 0.245. The van der Waals surface area contributed by atoms with Crippen LogP contribution in [0.3, 0.4) is 0 Å². The maximum Gasteiger partial charge on any atom is 0.326 e. The summed E-state index contributed by atoms with van der Waals surface area (Å²) in [5, 5.41) is 9.09. The van der Waals surface area contributed by atoms with E-state index in [0.29, 0.717) is 18.5 Å². The first-order valence-corrected chi connectivity index (χ1v) is 5.64. The van der Waals surface area contributed by atoms with Gasteiger partial charge < -0.3 is 10.0 Å². The molecule has 5 heteroatoms. The smallest absolute Gasteiger partial charge is 0.326 e. The molecule has 1 unspecified atom stereocenters. The number of carboxylic acids is 1. The van der Waals surface area contributed by atoms with Crippen molar-refractivity contribution in [3.05, 3.63) is 30.1 Å². The zero-order valence-corrected chi connectivity index (χ0v) is 9.37. The quantitative estimate of drug-likeness (QED) is 0.833. The number of carbonyl (C=O) groups is 2. The van der Waals surface area contributed by atoms with Gasteiger partial charge in [0.05, 0.1) is 5.56 Å². The third-order valence-electron chi connectivity index (χ3n) is 2.96. The van der Waals surface area contributed by atoms with Crippen LogP contribution in [0.4, 0.5) is 0 Å². The number of carboxylic acid groups (broad SMARTS) is 1. The summed E-state index contributed by atoms with van der Waals surface area (Å²) in [5.41, 5.74) is 0.445. The number of likely N-dealkylation sites (tertiary alicyclic amines) is 1. The predicted molar refractivity (Wildman–Crippen MR) is 60.5 cm³/mol. The van der Waals surface area contributed by atoms with E-state index in [1.54, 1.807) is 18.3 Å². The Kier molecular flexibility index (Phi) is 3.37. The van der Waals surface area contributed by atoms with Crippen LogP contribution in [0.15, 0.2) is 24.5 Å². The first-order valence-electron chi connectivity index (χ1n) is 5.64. The van der Waals surface area contributed by atoms with Crippen LogP contribution in [0.25, 0.3) is 0 Å². The molecule has 0 aromatic carbocycles. The Hall–Kier alpha value is -1.91. The van der Waals surface area contributed by atoms with Crippen LogP contribution >= 0.6 is 0 Å². The number of pyridine rings is 1. The Morgan fingerprint density at radius 3 is 2.88 bits per heavy atom. The average Bonchev–Trinajstić information content (AvgIpc) is 2.39. The molecule has 17 heavy (non-hydrogen) atoms. The predicted octanol–water partition coefficient (Wildman–Crippen LogP) is 1.16. The summed E-state index contributed by atoms with van der Waals surface area (Å²) in [7, 11) is 0. The monoisotopic (exact) mass is 234 g/mol. The van der Waals surface area contributed by atoms with Crippen LogP contribution < -0.4 is 0 Å². The molecule has 90 valence electrons. The van der Waals surface area contributed by atoms with Crippen LogP contribution in [-0.2, 0) is 4.79 Å². The molecule has 0 radical (unpaired) electrons. The van der Waals surface area contributed by atoms with Crippen molar-refractivity contribution in [3.63, 3.8) is 0 Å². The summed E-state index contributed by atoms with van der Waals surface area (Å²) in [6.45, 7) is 0.505. The van der Waals surface area contributed by atoms with E-state index in [2.05, 4.69) is 4.98 Å². The second-order valence-electron chi connectivity index (χ2n) is 4.09. The molecule has 0 bridgehead atoms. The zero-order chi connectivity index (χ0) is 12.3. The van der Waals surface area contributed by atoms with Crippen molar-refractivity contribution >= 4 is 11.9 Å². The normalized spacial score (nSPS) is 20.0. The summed E-state index contributed by atoms with van der Waals surface area (Å²) in [6, 6.07) is 2.63. The number of aromatic nitrogens is 1. The minimum Gasteiger partial charge on any atom is -0.480 e. The van der Waals surface area contributed by atoms with Crippen LogP contribution in [0.1, 0.15) is 29.6 Å². The summed E-state index contributed by atoms with van der Waals surface area (Å²) >= 11 is 0. The lowest BCUT2D eigenvalue weighted by atomic mass is 10.0. The molecule has 2 rings (SSSR count). The molecule has 0 spiro atoms. The van der Waals surface area contributed by atoms with Gasteiger partial charge in [0, 0.05) is 18.9 Å². The van der Waals surface area contributed by atoms with Crippen molar-refractivity contribution in [3.8, 4) is 0 Å². The van der Waals surface area contributed by atoms with Gasteiger partial charge >= 0.3 is 5.97 Å². The van der Waals surface area contributed by atoms with Crippen molar-refractivity contribution in [1.82, 2.24) is 9.88 Å². The molecule has 1 aliphatic rings.